The van der Waals surface area contributed by atoms with Gasteiger partial charge in [-0.2, -0.15) is 0 Å². The van der Waals surface area contributed by atoms with Crippen LogP contribution >= 0.6 is 0 Å². The van der Waals surface area contributed by atoms with E-state index < -0.39 is 0 Å². The van der Waals surface area contributed by atoms with Crippen molar-refractivity contribution in [2.75, 3.05) is 0 Å². The monoisotopic (exact) mass is 308 g/mol. The maximum absolute atomic E-state index is 12.0. The fourth-order valence-electron chi connectivity index (χ4n) is 2.68. The molecule has 0 aromatic carbocycles. The van der Waals surface area contributed by atoms with Crippen LogP contribution in [-0.4, -0.2) is 26.5 Å². The summed E-state index contributed by atoms with van der Waals surface area (Å²) < 4.78 is 2.10. The molecule has 0 saturated heterocycles. The van der Waals surface area contributed by atoms with E-state index in [0.717, 1.165) is 22.3 Å². The molecule has 0 saturated carbocycles. The Morgan fingerprint density at radius 1 is 1.22 bits per heavy atom. The largest absolute Gasteiger partial charge is 0.354 e. The zero-order valence-electron chi connectivity index (χ0n) is 13.4. The van der Waals surface area contributed by atoms with Crippen LogP contribution in [0.15, 0.2) is 48.9 Å². The van der Waals surface area contributed by atoms with Crippen LogP contribution in [0.25, 0.3) is 22.3 Å². The molecular formula is C18H20N4O. The molecule has 0 bridgehead atoms. The van der Waals surface area contributed by atoms with Gasteiger partial charge in [-0.1, -0.05) is 0 Å². The van der Waals surface area contributed by atoms with Gasteiger partial charge in [0.2, 0.25) is 5.91 Å². The number of amides is 1. The summed E-state index contributed by atoms with van der Waals surface area (Å²) >= 11 is 0. The average molecular weight is 308 g/mol. The standard InChI is InChI=1S/C18H20N4O/c1-13(2)21-17(23)7-11-22-16(14-5-9-19-10-6-14)12-15-4-3-8-20-18(15)22/h3-6,8-10,12-13H,7,11H2,1-2H3,(H,21,23). The van der Waals surface area contributed by atoms with E-state index in [1.165, 1.54) is 0 Å². The lowest BCUT2D eigenvalue weighted by Gasteiger charge is -2.12. The second-order valence-electron chi connectivity index (χ2n) is 5.81. The summed E-state index contributed by atoms with van der Waals surface area (Å²) in [6, 6.07) is 10.2. The van der Waals surface area contributed by atoms with Gasteiger partial charge in [0, 0.05) is 48.5 Å². The van der Waals surface area contributed by atoms with E-state index in [2.05, 4.69) is 25.9 Å². The van der Waals surface area contributed by atoms with Gasteiger partial charge in [0.25, 0.3) is 0 Å². The molecular weight excluding hydrogens is 288 g/mol. The minimum atomic E-state index is 0.0541. The van der Waals surface area contributed by atoms with Gasteiger partial charge in [0.05, 0.1) is 5.69 Å². The van der Waals surface area contributed by atoms with Crippen molar-refractivity contribution in [1.29, 1.82) is 0 Å². The zero-order chi connectivity index (χ0) is 16.2. The Hall–Kier alpha value is -2.69. The van der Waals surface area contributed by atoms with Gasteiger partial charge >= 0.3 is 0 Å². The first kappa shape index (κ1) is 15.2. The van der Waals surface area contributed by atoms with Crippen LogP contribution < -0.4 is 5.32 Å². The van der Waals surface area contributed by atoms with E-state index in [0.29, 0.717) is 13.0 Å². The fourth-order valence-corrected chi connectivity index (χ4v) is 2.68. The average Bonchev–Trinajstić information content (AvgIpc) is 2.92. The third-order valence-electron chi connectivity index (χ3n) is 3.64. The Labute approximate surface area is 135 Å². The van der Waals surface area contributed by atoms with E-state index in [4.69, 9.17) is 0 Å². The molecule has 3 rings (SSSR count). The third-order valence-corrected chi connectivity index (χ3v) is 3.64. The minimum Gasteiger partial charge on any atom is -0.354 e. The second-order valence-corrected chi connectivity index (χ2v) is 5.81. The number of aryl methyl sites for hydroxylation is 1. The molecule has 0 aliphatic heterocycles. The third kappa shape index (κ3) is 3.39. The Morgan fingerprint density at radius 2 is 2.00 bits per heavy atom. The number of nitrogens with zero attached hydrogens (tertiary/aromatic N) is 3. The first-order valence-corrected chi connectivity index (χ1v) is 7.79. The normalized spacial score (nSPS) is 11.1. The molecule has 0 fully saturated rings. The van der Waals surface area contributed by atoms with Crippen molar-refractivity contribution in [1.82, 2.24) is 19.9 Å². The van der Waals surface area contributed by atoms with Crippen molar-refractivity contribution in [2.45, 2.75) is 32.9 Å². The van der Waals surface area contributed by atoms with Gasteiger partial charge in [-0.3, -0.25) is 9.78 Å². The molecule has 23 heavy (non-hydrogen) atoms. The van der Waals surface area contributed by atoms with Crippen molar-refractivity contribution >= 4 is 16.9 Å². The van der Waals surface area contributed by atoms with E-state index >= 15 is 0 Å². The van der Waals surface area contributed by atoms with E-state index in [1.807, 2.05) is 38.1 Å². The molecule has 5 heteroatoms. The lowest BCUT2D eigenvalue weighted by molar-refractivity contribution is -0.121. The number of pyridine rings is 2. The van der Waals surface area contributed by atoms with Crippen LogP contribution in [0.1, 0.15) is 20.3 Å². The molecule has 3 aromatic heterocycles. The zero-order valence-corrected chi connectivity index (χ0v) is 13.4. The quantitative estimate of drug-likeness (QED) is 0.788. The Morgan fingerprint density at radius 3 is 2.74 bits per heavy atom. The molecule has 0 aliphatic rings. The molecule has 0 aliphatic carbocycles. The summed E-state index contributed by atoms with van der Waals surface area (Å²) in [5.74, 6) is 0.0541. The van der Waals surface area contributed by atoms with Crippen molar-refractivity contribution in [3.8, 4) is 11.3 Å². The van der Waals surface area contributed by atoms with Crippen molar-refractivity contribution in [2.24, 2.45) is 0 Å². The molecule has 5 nitrogen and oxygen atoms in total. The molecule has 0 spiro atoms. The Balaban J connectivity index is 1.95. The second kappa shape index (κ2) is 6.60. The van der Waals surface area contributed by atoms with E-state index in [1.54, 1.807) is 18.6 Å². The number of carbonyl (C=O) groups is 1. The lowest BCUT2D eigenvalue weighted by Crippen LogP contribution is -2.30. The SMILES string of the molecule is CC(C)NC(=O)CCn1c(-c2ccncc2)cc2cccnc21. The molecule has 3 aromatic rings. The van der Waals surface area contributed by atoms with Crippen molar-refractivity contribution in [3.05, 3.63) is 48.9 Å². The molecule has 118 valence electrons. The van der Waals surface area contributed by atoms with Crippen LogP contribution in [0, 0.1) is 0 Å². The van der Waals surface area contributed by atoms with Crippen molar-refractivity contribution in [3.63, 3.8) is 0 Å². The molecule has 0 radical (unpaired) electrons. The summed E-state index contributed by atoms with van der Waals surface area (Å²) in [5, 5.41) is 4.00. The molecule has 3 heterocycles. The van der Waals surface area contributed by atoms with E-state index in [9.17, 15) is 4.79 Å². The molecule has 1 amide bonds. The highest BCUT2D eigenvalue weighted by atomic mass is 16.1. The predicted octanol–water partition coefficient (Wildman–Crippen LogP) is 3.01. The van der Waals surface area contributed by atoms with E-state index in [-0.39, 0.29) is 11.9 Å². The summed E-state index contributed by atoms with van der Waals surface area (Å²) in [6.07, 6.45) is 5.76. The smallest absolute Gasteiger partial charge is 0.221 e. The van der Waals surface area contributed by atoms with Crippen LogP contribution in [0.5, 0.6) is 0 Å². The van der Waals surface area contributed by atoms with Gasteiger partial charge in [0.15, 0.2) is 0 Å². The lowest BCUT2D eigenvalue weighted by atomic mass is 10.2. The Bertz CT molecular complexity index is 808. The predicted molar refractivity (Wildman–Crippen MR) is 90.9 cm³/mol. The summed E-state index contributed by atoms with van der Waals surface area (Å²) in [7, 11) is 0. The number of nitrogens with one attached hydrogen (secondary N) is 1. The van der Waals surface area contributed by atoms with Crippen LogP contribution in [0.3, 0.4) is 0 Å². The van der Waals surface area contributed by atoms with Gasteiger partial charge in [-0.05, 0) is 44.2 Å². The number of aromatic nitrogens is 3. The number of rotatable bonds is 5. The highest BCUT2D eigenvalue weighted by molar-refractivity contribution is 5.84. The van der Waals surface area contributed by atoms with Gasteiger partial charge in [-0.25, -0.2) is 4.98 Å². The number of carbonyl (C=O) groups excluding carboxylic acids is 1. The van der Waals surface area contributed by atoms with Crippen LogP contribution in [-0.2, 0) is 11.3 Å². The maximum Gasteiger partial charge on any atom is 0.221 e. The molecule has 0 unspecified atom stereocenters. The van der Waals surface area contributed by atoms with Crippen molar-refractivity contribution < 1.29 is 4.79 Å². The van der Waals surface area contributed by atoms with Gasteiger partial charge < -0.3 is 9.88 Å². The number of hydrogen-bond donors (Lipinski definition) is 1. The fraction of sp³-hybridized carbons (Fsp3) is 0.278. The van der Waals surface area contributed by atoms with Crippen LogP contribution in [0.4, 0.5) is 0 Å². The Kier molecular flexibility index (Phi) is 4.37. The highest BCUT2D eigenvalue weighted by Crippen LogP contribution is 2.26. The van der Waals surface area contributed by atoms with Crippen LogP contribution in [0.2, 0.25) is 0 Å². The maximum atomic E-state index is 12.0. The minimum absolute atomic E-state index is 0.0541. The summed E-state index contributed by atoms with van der Waals surface area (Å²) in [4.78, 5) is 20.5. The van der Waals surface area contributed by atoms with Gasteiger partial charge in [0.1, 0.15) is 5.65 Å². The first-order chi connectivity index (χ1) is 11.1. The first-order valence-electron chi connectivity index (χ1n) is 7.79. The number of fused-ring (bicyclic) bond motifs is 1. The number of hydrogen-bond acceptors (Lipinski definition) is 3. The summed E-state index contributed by atoms with van der Waals surface area (Å²) in [6.45, 7) is 4.52. The van der Waals surface area contributed by atoms with Gasteiger partial charge in [-0.15, -0.1) is 0 Å². The summed E-state index contributed by atoms with van der Waals surface area (Å²) in [5.41, 5.74) is 3.03. The topological polar surface area (TPSA) is 59.8 Å². The highest BCUT2D eigenvalue weighted by Gasteiger charge is 2.13. The molecule has 1 N–H and O–H groups in total. The molecule has 0 atom stereocenters.